The van der Waals surface area contributed by atoms with Crippen molar-refractivity contribution in [1.82, 2.24) is 5.32 Å². The van der Waals surface area contributed by atoms with Crippen LogP contribution in [0.25, 0.3) is 0 Å². The van der Waals surface area contributed by atoms with Crippen molar-refractivity contribution in [1.29, 1.82) is 0 Å². The number of hydrogen-bond donors (Lipinski definition) is 1. The van der Waals surface area contributed by atoms with Gasteiger partial charge < -0.3 is 14.8 Å². The topological polar surface area (TPSA) is 30.5 Å². The molecule has 0 radical (unpaired) electrons. The van der Waals surface area contributed by atoms with Crippen LogP contribution in [0.4, 0.5) is 0 Å². The summed E-state index contributed by atoms with van der Waals surface area (Å²) in [4.78, 5) is 0. The molecule has 3 nitrogen and oxygen atoms in total. The van der Waals surface area contributed by atoms with Gasteiger partial charge in [-0.3, -0.25) is 0 Å². The van der Waals surface area contributed by atoms with E-state index < -0.39 is 0 Å². The first kappa shape index (κ1) is 13.2. The van der Waals surface area contributed by atoms with Crippen LogP contribution in [0.2, 0.25) is 0 Å². The Morgan fingerprint density at radius 2 is 2.06 bits per heavy atom. The van der Waals surface area contributed by atoms with Crippen LogP contribution in [0.15, 0.2) is 12.1 Å². The van der Waals surface area contributed by atoms with Gasteiger partial charge in [-0.15, -0.1) is 0 Å². The van der Waals surface area contributed by atoms with Gasteiger partial charge in [0.2, 0.25) is 0 Å². The number of benzene rings is 1. The highest BCUT2D eigenvalue weighted by molar-refractivity contribution is 5.51. The first-order valence-electron chi connectivity index (χ1n) is 6.70. The molecular formula is C15H23NO2. The van der Waals surface area contributed by atoms with Crippen molar-refractivity contribution in [3.05, 3.63) is 23.3 Å². The summed E-state index contributed by atoms with van der Waals surface area (Å²) < 4.78 is 10.9. The van der Waals surface area contributed by atoms with Crippen LogP contribution in [-0.4, -0.2) is 20.8 Å². The minimum absolute atomic E-state index is 0.421. The van der Waals surface area contributed by atoms with Crippen LogP contribution in [0.3, 0.4) is 0 Å². The Balaban J connectivity index is 2.50. The lowest BCUT2D eigenvalue weighted by molar-refractivity contribution is 0.371. The molecule has 1 aromatic rings. The zero-order valence-electron chi connectivity index (χ0n) is 11.7. The van der Waals surface area contributed by atoms with E-state index >= 15 is 0 Å². The number of nitrogens with one attached hydrogen (secondary N) is 1. The molecule has 0 spiro atoms. The van der Waals surface area contributed by atoms with Gasteiger partial charge in [-0.25, -0.2) is 0 Å². The molecule has 0 bridgehead atoms. The first-order valence-corrected chi connectivity index (χ1v) is 6.70. The Hall–Kier alpha value is -1.22. The van der Waals surface area contributed by atoms with Gasteiger partial charge in [-0.1, -0.05) is 20.3 Å². The highest BCUT2D eigenvalue weighted by atomic mass is 16.5. The lowest BCUT2D eigenvalue weighted by Gasteiger charge is -2.32. The molecule has 18 heavy (non-hydrogen) atoms. The van der Waals surface area contributed by atoms with Crippen molar-refractivity contribution < 1.29 is 9.47 Å². The lowest BCUT2D eigenvalue weighted by Crippen LogP contribution is -2.32. The minimum Gasteiger partial charge on any atom is -0.497 e. The second-order valence-corrected chi connectivity index (χ2v) is 4.98. The molecule has 0 saturated heterocycles. The van der Waals surface area contributed by atoms with E-state index in [1.54, 1.807) is 14.2 Å². The maximum atomic E-state index is 5.54. The zero-order chi connectivity index (χ0) is 13.1. The van der Waals surface area contributed by atoms with Crippen molar-refractivity contribution in [3.63, 3.8) is 0 Å². The third-order valence-electron chi connectivity index (χ3n) is 3.72. The van der Waals surface area contributed by atoms with Crippen LogP contribution < -0.4 is 14.8 Å². The molecule has 3 heteroatoms. The molecule has 0 aliphatic carbocycles. The molecule has 0 saturated carbocycles. The van der Waals surface area contributed by atoms with Crippen LogP contribution in [0, 0.1) is 0 Å². The van der Waals surface area contributed by atoms with E-state index in [0.29, 0.717) is 12.0 Å². The predicted octanol–water partition coefficient (Wildman–Crippen LogP) is 3.25. The van der Waals surface area contributed by atoms with Crippen molar-refractivity contribution >= 4 is 0 Å². The third kappa shape index (κ3) is 2.32. The van der Waals surface area contributed by atoms with Crippen LogP contribution in [-0.2, 0) is 0 Å². The summed E-state index contributed by atoms with van der Waals surface area (Å²) in [7, 11) is 3.44. The van der Waals surface area contributed by atoms with Crippen molar-refractivity contribution in [2.24, 2.45) is 0 Å². The maximum absolute atomic E-state index is 5.54. The summed E-state index contributed by atoms with van der Waals surface area (Å²) in [5.41, 5.74) is 2.68. The van der Waals surface area contributed by atoms with Crippen molar-refractivity contribution in [2.45, 2.75) is 38.6 Å². The normalized spacial score (nSPS) is 22.4. The summed E-state index contributed by atoms with van der Waals surface area (Å²) in [5.74, 6) is 2.32. The minimum atomic E-state index is 0.421. The van der Waals surface area contributed by atoms with Gasteiger partial charge in [-0.05, 0) is 24.0 Å². The summed E-state index contributed by atoms with van der Waals surface area (Å²) in [5, 5.41) is 3.62. The molecule has 100 valence electrons. The summed E-state index contributed by atoms with van der Waals surface area (Å²) in [6.45, 7) is 5.47. The third-order valence-corrected chi connectivity index (χ3v) is 3.72. The first-order chi connectivity index (χ1) is 8.71. The van der Waals surface area contributed by atoms with Gasteiger partial charge >= 0.3 is 0 Å². The summed E-state index contributed by atoms with van der Waals surface area (Å²) >= 11 is 0. The van der Waals surface area contributed by atoms with E-state index in [0.717, 1.165) is 24.5 Å². The SMILES string of the molecule is CCCC1NCC(C)c2c(OC)cc(OC)cc21. The summed E-state index contributed by atoms with van der Waals surface area (Å²) in [6.07, 6.45) is 2.32. The Morgan fingerprint density at radius 1 is 1.28 bits per heavy atom. The monoisotopic (exact) mass is 249 g/mol. The summed E-state index contributed by atoms with van der Waals surface area (Å²) in [6, 6.07) is 4.56. The van der Waals surface area contributed by atoms with E-state index in [9.17, 15) is 0 Å². The molecule has 2 rings (SSSR count). The van der Waals surface area contributed by atoms with E-state index in [2.05, 4.69) is 25.2 Å². The number of ether oxygens (including phenoxy) is 2. The van der Waals surface area contributed by atoms with E-state index in [1.807, 2.05) is 6.07 Å². The molecule has 0 fully saturated rings. The molecular weight excluding hydrogens is 226 g/mol. The Kier molecular flexibility index (Phi) is 4.12. The standard InChI is InChI=1S/C15H23NO2/c1-5-6-13-12-7-11(17-3)8-14(18-4)15(12)10(2)9-16-13/h7-8,10,13,16H,5-6,9H2,1-4H3. The molecule has 0 aromatic heterocycles. The fraction of sp³-hybridized carbons (Fsp3) is 0.600. The lowest BCUT2D eigenvalue weighted by atomic mass is 9.85. The van der Waals surface area contributed by atoms with Gasteiger partial charge in [0.25, 0.3) is 0 Å². The molecule has 1 N–H and O–H groups in total. The van der Waals surface area contributed by atoms with Gasteiger partial charge in [0, 0.05) is 24.2 Å². The quantitative estimate of drug-likeness (QED) is 0.888. The predicted molar refractivity (Wildman–Crippen MR) is 73.6 cm³/mol. The highest BCUT2D eigenvalue weighted by Crippen LogP contribution is 2.40. The highest BCUT2D eigenvalue weighted by Gasteiger charge is 2.27. The Morgan fingerprint density at radius 3 is 2.67 bits per heavy atom. The molecule has 1 aliphatic heterocycles. The number of hydrogen-bond acceptors (Lipinski definition) is 3. The average Bonchev–Trinajstić information content (AvgIpc) is 2.40. The Bertz CT molecular complexity index is 417. The van der Waals surface area contributed by atoms with Crippen LogP contribution in [0.5, 0.6) is 11.5 Å². The van der Waals surface area contributed by atoms with Gasteiger partial charge in [0.1, 0.15) is 11.5 Å². The molecule has 1 aliphatic rings. The smallest absolute Gasteiger partial charge is 0.126 e. The van der Waals surface area contributed by atoms with Crippen LogP contribution >= 0.6 is 0 Å². The van der Waals surface area contributed by atoms with Gasteiger partial charge in [0.05, 0.1) is 14.2 Å². The second kappa shape index (κ2) is 5.61. The van der Waals surface area contributed by atoms with E-state index in [1.165, 1.54) is 17.5 Å². The zero-order valence-corrected chi connectivity index (χ0v) is 11.7. The van der Waals surface area contributed by atoms with E-state index in [-0.39, 0.29) is 0 Å². The Labute approximate surface area is 109 Å². The molecule has 0 amide bonds. The second-order valence-electron chi connectivity index (χ2n) is 4.98. The maximum Gasteiger partial charge on any atom is 0.126 e. The van der Waals surface area contributed by atoms with Crippen molar-refractivity contribution in [2.75, 3.05) is 20.8 Å². The largest absolute Gasteiger partial charge is 0.497 e. The molecule has 1 aromatic carbocycles. The van der Waals surface area contributed by atoms with E-state index in [4.69, 9.17) is 9.47 Å². The fourth-order valence-corrected chi connectivity index (χ4v) is 2.80. The van der Waals surface area contributed by atoms with Gasteiger partial charge in [-0.2, -0.15) is 0 Å². The number of methoxy groups -OCH3 is 2. The molecule has 2 atom stereocenters. The van der Waals surface area contributed by atoms with Gasteiger partial charge in [0.15, 0.2) is 0 Å². The number of rotatable bonds is 4. The van der Waals surface area contributed by atoms with Crippen molar-refractivity contribution in [3.8, 4) is 11.5 Å². The fourth-order valence-electron chi connectivity index (χ4n) is 2.80. The molecule has 2 unspecified atom stereocenters. The molecule has 1 heterocycles. The van der Waals surface area contributed by atoms with Crippen LogP contribution in [0.1, 0.15) is 49.8 Å². The average molecular weight is 249 g/mol. The number of fused-ring (bicyclic) bond motifs is 1.